The highest BCUT2D eigenvalue weighted by Crippen LogP contribution is 2.25. The molecule has 0 saturated heterocycles. The molecule has 0 N–H and O–H groups in total. The maximum atomic E-state index is 6.29. The number of benzene rings is 2. The van der Waals surface area contributed by atoms with Crippen LogP contribution < -0.4 is 4.74 Å². The van der Waals surface area contributed by atoms with E-state index in [2.05, 4.69) is 10.2 Å². The predicted molar refractivity (Wildman–Crippen MR) is 94.2 cm³/mol. The third kappa shape index (κ3) is 2.84. The van der Waals surface area contributed by atoms with Crippen LogP contribution >= 0.6 is 11.6 Å². The molecule has 4 nitrogen and oxygen atoms in total. The van der Waals surface area contributed by atoms with Gasteiger partial charge in [0.25, 0.3) is 0 Å². The summed E-state index contributed by atoms with van der Waals surface area (Å²) in [5.74, 6) is 1.47. The normalized spacial score (nSPS) is 10.9. The third-order valence-corrected chi connectivity index (χ3v) is 4.02. The monoisotopic (exact) mass is 335 g/mol. The Hall–Kier alpha value is -2.85. The molecule has 118 valence electrons. The van der Waals surface area contributed by atoms with Gasteiger partial charge in [-0.05, 0) is 29.8 Å². The van der Waals surface area contributed by atoms with E-state index in [-0.39, 0.29) is 0 Å². The van der Waals surface area contributed by atoms with Crippen LogP contribution in [0.3, 0.4) is 0 Å². The molecule has 0 saturated carbocycles. The minimum absolute atomic E-state index is 0.519. The highest BCUT2D eigenvalue weighted by molar-refractivity contribution is 6.29. The summed E-state index contributed by atoms with van der Waals surface area (Å²) in [5.41, 5.74) is 2.74. The highest BCUT2D eigenvalue weighted by atomic mass is 35.5. The first-order valence-electron chi connectivity index (χ1n) is 7.58. The van der Waals surface area contributed by atoms with E-state index in [1.807, 2.05) is 77.2 Å². The molecule has 5 heteroatoms. The van der Waals surface area contributed by atoms with Gasteiger partial charge in [0.2, 0.25) is 0 Å². The van der Waals surface area contributed by atoms with Crippen LogP contribution in [0.2, 0.25) is 5.15 Å². The average molecular weight is 336 g/mol. The fourth-order valence-corrected chi connectivity index (χ4v) is 2.80. The van der Waals surface area contributed by atoms with Crippen LogP contribution in [0.4, 0.5) is 0 Å². The van der Waals surface area contributed by atoms with Gasteiger partial charge in [0.15, 0.2) is 11.5 Å². The summed E-state index contributed by atoms with van der Waals surface area (Å²) in [6, 6.07) is 23.4. The second kappa shape index (κ2) is 6.34. The number of ether oxygens (including phenoxy) is 1. The van der Waals surface area contributed by atoms with Gasteiger partial charge in [-0.25, -0.2) is 0 Å². The number of rotatable bonds is 4. The van der Waals surface area contributed by atoms with Gasteiger partial charge in [0, 0.05) is 5.56 Å². The maximum Gasteiger partial charge on any atom is 0.169 e. The highest BCUT2D eigenvalue weighted by Gasteiger charge is 2.11. The zero-order valence-corrected chi connectivity index (χ0v) is 13.5. The number of halogens is 1. The molecular formula is C19H14ClN3O. The predicted octanol–water partition coefficient (Wildman–Crippen LogP) is 4.63. The minimum Gasteiger partial charge on any atom is -0.489 e. The largest absolute Gasteiger partial charge is 0.489 e. The van der Waals surface area contributed by atoms with E-state index in [1.165, 1.54) is 0 Å². The summed E-state index contributed by atoms with van der Waals surface area (Å²) in [6.07, 6.45) is 0. The summed E-state index contributed by atoms with van der Waals surface area (Å²) < 4.78 is 7.70. The second-order valence-corrected chi connectivity index (χ2v) is 5.76. The number of nitrogens with zero attached hydrogens (tertiary/aromatic N) is 3. The van der Waals surface area contributed by atoms with Gasteiger partial charge in [0.05, 0.1) is 0 Å². The van der Waals surface area contributed by atoms with Crippen molar-refractivity contribution >= 4 is 17.2 Å². The topological polar surface area (TPSA) is 39.4 Å². The fraction of sp³-hybridized carbons (Fsp3) is 0.0526. The van der Waals surface area contributed by atoms with Gasteiger partial charge < -0.3 is 4.74 Å². The molecule has 24 heavy (non-hydrogen) atoms. The maximum absolute atomic E-state index is 6.29. The van der Waals surface area contributed by atoms with Crippen LogP contribution in [0, 0.1) is 0 Å². The molecule has 0 radical (unpaired) electrons. The first-order valence-corrected chi connectivity index (χ1v) is 7.96. The van der Waals surface area contributed by atoms with Gasteiger partial charge in [-0.2, -0.15) is 0 Å². The minimum atomic E-state index is 0.519. The lowest BCUT2D eigenvalue weighted by Gasteiger charge is -2.08. The van der Waals surface area contributed by atoms with Crippen molar-refractivity contribution < 1.29 is 4.74 Å². The molecule has 0 unspecified atom stereocenters. The molecule has 4 rings (SSSR count). The second-order valence-electron chi connectivity index (χ2n) is 5.37. The van der Waals surface area contributed by atoms with Crippen molar-refractivity contribution in [2.75, 3.05) is 0 Å². The molecule has 2 aromatic heterocycles. The van der Waals surface area contributed by atoms with E-state index >= 15 is 0 Å². The van der Waals surface area contributed by atoms with E-state index in [9.17, 15) is 0 Å². The lowest BCUT2D eigenvalue weighted by Crippen LogP contribution is -1.96. The Bertz CT molecular complexity index is 982. The molecule has 0 bridgehead atoms. The van der Waals surface area contributed by atoms with Gasteiger partial charge in [0.1, 0.15) is 17.5 Å². The van der Waals surface area contributed by atoms with Crippen LogP contribution in [0.5, 0.6) is 5.75 Å². The summed E-state index contributed by atoms with van der Waals surface area (Å²) in [4.78, 5) is 0. The van der Waals surface area contributed by atoms with Crippen molar-refractivity contribution in [3.05, 3.63) is 83.5 Å². The van der Waals surface area contributed by atoms with Crippen LogP contribution in [0.25, 0.3) is 17.0 Å². The van der Waals surface area contributed by atoms with Crippen molar-refractivity contribution in [3.63, 3.8) is 0 Å². The van der Waals surface area contributed by atoms with E-state index < -0.39 is 0 Å². The summed E-state index contributed by atoms with van der Waals surface area (Å²) in [5, 5.41) is 9.00. The number of fused-ring (bicyclic) bond motifs is 1. The van der Waals surface area contributed by atoms with E-state index in [1.54, 1.807) is 0 Å². The van der Waals surface area contributed by atoms with Crippen LogP contribution in [-0.4, -0.2) is 14.6 Å². The standard InChI is InChI=1S/C19H14ClN3O/c20-17-10-5-11-18-21-22-19(23(17)18)15-8-4-9-16(12-15)24-13-14-6-2-1-3-7-14/h1-12H,13H2. The molecule has 0 atom stereocenters. The fourth-order valence-electron chi connectivity index (χ4n) is 2.56. The lowest BCUT2D eigenvalue weighted by atomic mass is 10.2. The quantitative estimate of drug-likeness (QED) is 0.510. The van der Waals surface area contributed by atoms with Gasteiger partial charge in [-0.1, -0.05) is 60.1 Å². The first kappa shape index (κ1) is 14.7. The van der Waals surface area contributed by atoms with Crippen molar-refractivity contribution in [2.24, 2.45) is 0 Å². The molecule has 0 spiro atoms. The van der Waals surface area contributed by atoms with Crippen molar-refractivity contribution in [1.82, 2.24) is 14.6 Å². The molecule has 0 amide bonds. The third-order valence-electron chi connectivity index (χ3n) is 3.72. The van der Waals surface area contributed by atoms with E-state index in [0.29, 0.717) is 23.2 Å². The Morgan fingerprint density at radius 1 is 0.875 bits per heavy atom. The van der Waals surface area contributed by atoms with Crippen LogP contribution in [0.15, 0.2) is 72.8 Å². The Morgan fingerprint density at radius 3 is 2.58 bits per heavy atom. The Labute approximate surface area is 144 Å². The van der Waals surface area contributed by atoms with Gasteiger partial charge >= 0.3 is 0 Å². The first-order chi connectivity index (χ1) is 11.8. The Balaban J connectivity index is 1.64. The summed E-state index contributed by atoms with van der Waals surface area (Å²) in [7, 11) is 0. The summed E-state index contributed by atoms with van der Waals surface area (Å²) in [6.45, 7) is 0.519. The summed E-state index contributed by atoms with van der Waals surface area (Å²) >= 11 is 6.29. The lowest BCUT2D eigenvalue weighted by molar-refractivity contribution is 0.306. The molecule has 2 heterocycles. The molecule has 0 aliphatic carbocycles. The Morgan fingerprint density at radius 2 is 1.71 bits per heavy atom. The molecule has 0 aliphatic heterocycles. The molecule has 2 aromatic carbocycles. The van der Waals surface area contributed by atoms with Crippen LogP contribution in [-0.2, 0) is 6.61 Å². The average Bonchev–Trinajstić information content (AvgIpc) is 3.07. The van der Waals surface area contributed by atoms with E-state index in [0.717, 1.165) is 16.9 Å². The van der Waals surface area contributed by atoms with Crippen LogP contribution in [0.1, 0.15) is 5.56 Å². The number of hydrogen-bond acceptors (Lipinski definition) is 3. The van der Waals surface area contributed by atoms with E-state index in [4.69, 9.17) is 16.3 Å². The molecule has 0 aliphatic rings. The SMILES string of the molecule is Clc1cccc2nnc(-c3cccc(OCc4ccccc4)c3)n12. The smallest absolute Gasteiger partial charge is 0.169 e. The number of pyridine rings is 1. The van der Waals surface area contributed by atoms with Crippen molar-refractivity contribution in [2.45, 2.75) is 6.61 Å². The Kier molecular flexibility index (Phi) is 3.89. The molecule has 0 fully saturated rings. The number of hydrogen-bond donors (Lipinski definition) is 0. The number of aromatic nitrogens is 3. The van der Waals surface area contributed by atoms with Crippen molar-refractivity contribution in [1.29, 1.82) is 0 Å². The molecule has 4 aromatic rings. The molecular weight excluding hydrogens is 322 g/mol. The van der Waals surface area contributed by atoms with Crippen molar-refractivity contribution in [3.8, 4) is 17.1 Å². The zero-order chi connectivity index (χ0) is 16.4. The van der Waals surface area contributed by atoms with Gasteiger partial charge in [-0.15, -0.1) is 10.2 Å². The zero-order valence-electron chi connectivity index (χ0n) is 12.8. The van der Waals surface area contributed by atoms with Gasteiger partial charge in [-0.3, -0.25) is 4.40 Å².